The molecule has 1 aliphatic rings. The van der Waals surface area contributed by atoms with E-state index >= 15 is 0 Å². The highest BCUT2D eigenvalue weighted by Gasteiger charge is 2.37. The third-order valence-corrected chi connectivity index (χ3v) is 7.55. The first-order valence-corrected chi connectivity index (χ1v) is 13.9. The second-order valence-corrected chi connectivity index (χ2v) is 10.5. The molecule has 0 bridgehead atoms. The van der Waals surface area contributed by atoms with E-state index in [2.05, 4.69) is 27.8 Å². The molecular weight excluding hydrogens is 516 g/mol. The zero-order chi connectivity index (χ0) is 28.8. The lowest BCUT2D eigenvalue weighted by Crippen LogP contribution is -2.52. The van der Waals surface area contributed by atoms with Gasteiger partial charge in [0.05, 0.1) is 12.6 Å². The Bertz CT molecular complexity index is 1510. The molecule has 2 atom stereocenters. The summed E-state index contributed by atoms with van der Waals surface area (Å²) >= 11 is 0. The number of anilines is 2. The number of fused-ring (bicyclic) bond motifs is 1. The van der Waals surface area contributed by atoms with E-state index in [1.807, 2.05) is 91.8 Å². The van der Waals surface area contributed by atoms with Crippen LogP contribution in [0.15, 0.2) is 84.9 Å². The number of nitrogens with one attached hydrogen (secondary N) is 1. The highest BCUT2D eigenvalue weighted by atomic mass is 16.5. The number of carbonyl (C=O) groups is 2. The van der Waals surface area contributed by atoms with Gasteiger partial charge in [-0.05, 0) is 79.3 Å². The van der Waals surface area contributed by atoms with Crippen LogP contribution in [0.1, 0.15) is 24.8 Å². The number of nitrogens with zero attached hydrogens (tertiary/aromatic N) is 5. The minimum atomic E-state index is -0.683. The molecular formula is C32H36N6O3. The van der Waals surface area contributed by atoms with Crippen LogP contribution < -0.4 is 15.0 Å². The summed E-state index contributed by atoms with van der Waals surface area (Å²) in [5.74, 6) is 0.298. The smallest absolute Gasteiger partial charge is 0.247 e. The van der Waals surface area contributed by atoms with E-state index in [0.717, 1.165) is 47.3 Å². The number of amides is 2. The number of hydrogen-bond acceptors (Lipinski definition) is 6. The van der Waals surface area contributed by atoms with Crippen molar-refractivity contribution in [2.45, 2.75) is 38.4 Å². The Kier molecular flexibility index (Phi) is 8.62. The summed E-state index contributed by atoms with van der Waals surface area (Å²) in [4.78, 5) is 32.0. The third kappa shape index (κ3) is 6.57. The molecule has 1 heterocycles. The maximum absolute atomic E-state index is 14.2. The van der Waals surface area contributed by atoms with E-state index in [0.29, 0.717) is 5.69 Å². The molecule has 41 heavy (non-hydrogen) atoms. The Morgan fingerprint density at radius 1 is 1.02 bits per heavy atom. The number of carbonyl (C=O) groups excluding carboxylic acids is 2. The van der Waals surface area contributed by atoms with Crippen LogP contribution in [0.2, 0.25) is 0 Å². The van der Waals surface area contributed by atoms with Gasteiger partial charge in [-0.3, -0.25) is 9.59 Å². The molecule has 1 aliphatic carbocycles. The van der Waals surface area contributed by atoms with Gasteiger partial charge >= 0.3 is 0 Å². The first-order valence-electron chi connectivity index (χ1n) is 13.9. The SMILES string of the molecule is COc1ccc(CN(C(=O)Cn2nnc3ccccc32)[C@H](C(=O)Nc2ccc(N(C)C)cc2)[C@H]2CC=CCC2)cc1. The molecule has 9 heteroatoms. The molecule has 9 nitrogen and oxygen atoms in total. The Morgan fingerprint density at radius 2 is 1.78 bits per heavy atom. The summed E-state index contributed by atoms with van der Waals surface area (Å²) in [6, 6.07) is 22.2. The lowest BCUT2D eigenvalue weighted by molar-refractivity contribution is -0.142. The third-order valence-electron chi connectivity index (χ3n) is 7.55. The van der Waals surface area contributed by atoms with Crippen molar-refractivity contribution >= 4 is 34.2 Å². The zero-order valence-electron chi connectivity index (χ0n) is 23.7. The normalized spacial score (nSPS) is 15.3. The Hall–Kier alpha value is -4.66. The summed E-state index contributed by atoms with van der Waals surface area (Å²) in [7, 11) is 5.57. The maximum atomic E-state index is 14.2. The molecule has 212 valence electrons. The van der Waals surface area contributed by atoms with Crippen molar-refractivity contribution < 1.29 is 14.3 Å². The Morgan fingerprint density at radius 3 is 2.46 bits per heavy atom. The fourth-order valence-corrected chi connectivity index (χ4v) is 5.30. The van der Waals surface area contributed by atoms with Crippen molar-refractivity contribution in [1.82, 2.24) is 19.9 Å². The largest absolute Gasteiger partial charge is 0.497 e. The van der Waals surface area contributed by atoms with E-state index in [9.17, 15) is 9.59 Å². The van der Waals surface area contributed by atoms with Crippen LogP contribution in [0.25, 0.3) is 11.0 Å². The average molecular weight is 553 g/mol. The minimum Gasteiger partial charge on any atom is -0.497 e. The van der Waals surface area contributed by atoms with Gasteiger partial charge in [0.25, 0.3) is 0 Å². The fourth-order valence-electron chi connectivity index (χ4n) is 5.30. The summed E-state index contributed by atoms with van der Waals surface area (Å²) in [5, 5.41) is 11.6. The van der Waals surface area contributed by atoms with Gasteiger partial charge in [0.1, 0.15) is 23.9 Å². The van der Waals surface area contributed by atoms with E-state index in [-0.39, 0.29) is 30.8 Å². The summed E-state index contributed by atoms with van der Waals surface area (Å²) in [6.07, 6.45) is 6.65. The summed E-state index contributed by atoms with van der Waals surface area (Å²) in [5.41, 5.74) is 4.12. The van der Waals surface area contributed by atoms with Crippen molar-refractivity contribution in [3.05, 3.63) is 90.5 Å². The van der Waals surface area contributed by atoms with Crippen LogP contribution in [0.3, 0.4) is 0 Å². The van der Waals surface area contributed by atoms with Gasteiger partial charge in [-0.2, -0.15) is 0 Å². The molecule has 0 unspecified atom stereocenters. The van der Waals surface area contributed by atoms with E-state index in [1.54, 1.807) is 16.7 Å². The van der Waals surface area contributed by atoms with Crippen molar-refractivity contribution in [2.75, 3.05) is 31.4 Å². The molecule has 3 aromatic carbocycles. The molecule has 0 aliphatic heterocycles. The maximum Gasteiger partial charge on any atom is 0.247 e. The van der Waals surface area contributed by atoms with Gasteiger partial charge in [0.2, 0.25) is 11.8 Å². The number of methoxy groups -OCH3 is 1. The van der Waals surface area contributed by atoms with Crippen molar-refractivity contribution in [3.63, 3.8) is 0 Å². The lowest BCUT2D eigenvalue weighted by Gasteiger charge is -2.37. The van der Waals surface area contributed by atoms with Crippen LogP contribution in [0, 0.1) is 5.92 Å². The number of aromatic nitrogens is 3. The van der Waals surface area contributed by atoms with E-state index in [4.69, 9.17) is 4.74 Å². The predicted octanol–water partition coefficient (Wildman–Crippen LogP) is 4.90. The van der Waals surface area contributed by atoms with Crippen molar-refractivity contribution in [3.8, 4) is 5.75 Å². The fraction of sp³-hybridized carbons (Fsp3) is 0.312. The standard InChI is InChI=1S/C32H36N6O3/c1-36(2)26-17-15-25(16-18-26)33-32(40)31(24-9-5-4-6-10-24)37(21-23-13-19-27(41-3)20-14-23)30(39)22-38-29-12-8-7-11-28(29)34-35-38/h4-5,7-8,11-20,24,31H,6,9-10,21-22H2,1-3H3,(H,33,40)/t24-,31-/m0/s1. The van der Waals surface area contributed by atoms with Gasteiger partial charge in [0.15, 0.2) is 0 Å². The topological polar surface area (TPSA) is 92.6 Å². The predicted molar refractivity (Wildman–Crippen MR) is 161 cm³/mol. The number of rotatable bonds is 10. The van der Waals surface area contributed by atoms with Gasteiger partial charge in [-0.1, -0.05) is 41.6 Å². The lowest BCUT2D eigenvalue weighted by atomic mass is 9.85. The van der Waals surface area contributed by atoms with Gasteiger partial charge in [-0.25, -0.2) is 4.68 Å². The average Bonchev–Trinajstić information content (AvgIpc) is 3.40. The monoisotopic (exact) mass is 552 g/mol. The molecule has 0 radical (unpaired) electrons. The van der Waals surface area contributed by atoms with Gasteiger partial charge in [-0.15, -0.1) is 5.10 Å². The van der Waals surface area contributed by atoms with Crippen LogP contribution in [0.5, 0.6) is 5.75 Å². The molecule has 4 aromatic rings. The van der Waals surface area contributed by atoms with Gasteiger partial charge < -0.3 is 19.9 Å². The molecule has 5 rings (SSSR count). The molecule has 1 N–H and O–H groups in total. The second-order valence-electron chi connectivity index (χ2n) is 10.5. The molecule has 0 saturated carbocycles. The van der Waals surface area contributed by atoms with Crippen LogP contribution >= 0.6 is 0 Å². The molecule has 0 saturated heterocycles. The van der Waals surface area contributed by atoms with Crippen LogP contribution in [0.4, 0.5) is 11.4 Å². The minimum absolute atomic E-state index is 0.0272. The number of ether oxygens (including phenoxy) is 1. The number of hydrogen-bond donors (Lipinski definition) is 1. The summed E-state index contributed by atoms with van der Waals surface area (Å²) < 4.78 is 6.93. The zero-order valence-corrected chi connectivity index (χ0v) is 23.7. The van der Waals surface area contributed by atoms with Crippen LogP contribution in [-0.4, -0.2) is 59.0 Å². The van der Waals surface area contributed by atoms with Gasteiger partial charge in [0, 0.05) is 32.0 Å². The molecule has 1 aromatic heterocycles. The first-order chi connectivity index (χ1) is 19.9. The van der Waals surface area contributed by atoms with E-state index < -0.39 is 6.04 Å². The number of benzene rings is 3. The highest BCUT2D eigenvalue weighted by Crippen LogP contribution is 2.29. The second kappa shape index (κ2) is 12.7. The highest BCUT2D eigenvalue weighted by molar-refractivity contribution is 5.97. The molecule has 0 fully saturated rings. The number of para-hydroxylation sites is 1. The molecule has 0 spiro atoms. The Balaban J connectivity index is 1.48. The van der Waals surface area contributed by atoms with Crippen molar-refractivity contribution in [2.24, 2.45) is 5.92 Å². The van der Waals surface area contributed by atoms with Crippen LogP contribution in [-0.2, 0) is 22.7 Å². The first kappa shape index (κ1) is 27.9. The van der Waals surface area contributed by atoms with E-state index in [1.165, 1.54) is 0 Å². The van der Waals surface area contributed by atoms with Crippen molar-refractivity contribution in [1.29, 1.82) is 0 Å². The summed E-state index contributed by atoms with van der Waals surface area (Å²) in [6.45, 7) is 0.244. The molecule has 2 amide bonds. The quantitative estimate of drug-likeness (QED) is 0.282. The number of allylic oxidation sites excluding steroid dienone is 2. The Labute approximate surface area is 240 Å².